The lowest BCUT2D eigenvalue weighted by Crippen LogP contribution is -2.40. The summed E-state index contributed by atoms with van der Waals surface area (Å²) in [5.41, 5.74) is 0.904. The van der Waals surface area contributed by atoms with Crippen LogP contribution in [0.2, 0.25) is 0 Å². The molecule has 4 nitrogen and oxygen atoms in total. The van der Waals surface area contributed by atoms with Gasteiger partial charge in [0.1, 0.15) is 0 Å². The summed E-state index contributed by atoms with van der Waals surface area (Å²) in [5, 5.41) is 6.70. The van der Waals surface area contributed by atoms with Gasteiger partial charge in [-0.1, -0.05) is 13.8 Å². The van der Waals surface area contributed by atoms with E-state index in [1.807, 2.05) is 11.0 Å². The number of carbonyl (C=O) groups excluding carboxylic acids is 1. The molecule has 0 aliphatic carbocycles. The first-order valence-electron chi connectivity index (χ1n) is 6.43. The second kappa shape index (κ2) is 5.34. The minimum absolute atomic E-state index is 0.219. The van der Waals surface area contributed by atoms with Crippen molar-refractivity contribution < 1.29 is 4.79 Å². The van der Waals surface area contributed by atoms with Crippen LogP contribution in [0.5, 0.6) is 0 Å². The molecule has 1 aliphatic heterocycles. The van der Waals surface area contributed by atoms with Crippen molar-refractivity contribution in [1.29, 1.82) is 0 Å². The van der Waals surface area contributed by atoms with Gasteiger partial charge in [-0.25, -0.2) is 0 Å². The van der Waals surface area contributed by atoms with Gasteiger partial charge in [0.25, 0.3) is 0 Å². The Morgan fingerprint density at radius 2 is 2.24 bits per heavy atom. The fourth-order valence-corrected chi connectivity index (χ4v) is 2.47. The Kier molecular flexibility index (Phi) is 3.82. The molecule has 1 fully saturated rings. The van der Waals surface area contributed by atoms with Crippen LogP contribution in [0.3, 0.4) is 0 Å². The monoisotopic (exact) mass is 235 g/mol. The van der Waals surface area contributed by atoms with Crippen molar-refractivity contribution in [1.82, 2.24) is 15.1 Å². The van der Waals surface area contributed by atoms with Gasteiger partial charge in [-0.3, -0.25) is 9.89 Å². The van der Waals surface area contributed by atoms with E-state index in [1.54, 1.807) is 6.20 Å². The summed E-state index contributed by atoms with van der Waals surface area (Å²) in [7, 11) is 0. The van der Waals surface area contributed by atoms with Crippen LogP contribution in [0.15, 0.2) is 12.3 Å². The zero-order chi connectivity index (χ0) is 12.3. The van der Waals surface area contributed by atoms with Crippen molar-refractivity contribution in [3.05, 3.63) is 18.0 Å². The van der Waals surface area contributed by atoms with Gasteiger partial charge in [0.15, 0.2) is 0 Å². The van der Waals surface area contributed by atoms with Gasteiger partial charge in [0.2, 0.25) is 5.91 Å². The zero-order valence-electron chi connectivity index (χ0n) is 10.6. The van der Waals surface area contributed by atoms with Crippen molar-refractivity contribution in [3.63, 3.8) is 0 Å². The lowest BCUT2D eigenvalue weighted by atomic mass is 9.86. The van der Waals surface area contributed by atoms with E-state index < -0.39 is 0 Å². The van der Waals surface area contributed by atoms with Gasteiger partial charge >= 0.3 is 0 Å². The summed E-state index contributed by atoms with van der Waals surface area (Å²) in [4.78, 5) is 14.0. The van der Waals surface area contributed by atoms with Gasteiger partial charge < -0.3 is 4.90 Å². The molecule has 0 unspecified atom stereocenters. The maximum absolute atomic E-state index is 12.0. The number of hydrogen-bond acceptors (Lipinski definition) is 2. The first-order valence-corrected chi connectivity index (χ1v) is 6.43. The predicted octanol–water partition coefficient (Wildman–Crippen LogP) is 1.85. The first-order chi connectivity index (χ1) is 8.16. The molecule has 1 N–H and O–H groups in total. The zero-order valence-corrected chi connectivity index (χ0v) is 10.6. The van der Waals surface area contributed by atoms with E-state index in [2.05, 4.69) is 24.0 Å². The smallest absolute Gasteiger partial charge is 0.228 e. The third-order valence-electron chi connectivity index (χ3n) is 3.74. The Balaban J connectivity index is 1.82. The van der Waals surface area contributed by atoms with E-state index in [-0.39, 0.29) is 5.91 Å². The Morgan fingerprint density at radius 3 is 2.76 bits per heavy atom. The van der Waals surface area contributed by atoms with Crippen LogP contribution in [0.4, 0.5) is 0 Å². The molecule has 1 saturated heterocycles. The molecule has 0 saturated carbocycles. The van der Waals surface area contributed by atoms with Gasteiger partial charge in [-0.2, -0.15) is 5.10 Å². The van der Waals surface area contributed by atoms with Crippen LogP contribution < -0.4 is 0 Å². The van der Waals surface area contributed by atoms with Crippen molar-refractivity contribution in [2.75, 3.05) is 13.1 Å². The number of aromatic amines is 1. The molecule has 2 heterocycles. The maximum Gasteiger partial charge on any atom is 0.228 e. The second-order valence-electron chi connectivity index (χ2n) is 5.22. The van der Waals surface area contributed by atoms with Gasteiger partial charge in [0, 0.05) is 25.0 Å². The van der Waals surface area contributed by atoms with Crippen LogP contribution in [0, 0.1) is 11.8 Å². The van der Waals surface area contributed by atoms with E-state index in [0.717, 1.165) is 43.5 Å². The average molecular weight is 235 g/mol. The quantitative estimate of drug-likeness (QED) is 0.869. The fourth-order valence-electron chi connectivity index (χ4n) is 2.47. The maximum atomic E-state index is 12.0. The molecule has 0 radical (unpaired) electrons. The number of amides is 1. The fraction of sp³-hybridized carbons (Fsp3) is 0.692. The Morgan fingerprint density at radius 1 is 1.53 bits per heavy atom. The van der Waals surface area contributed by atoms with Crippen LogP contribution in [0.25, 0.3) is 0 Å². The molecule has 1 amide bonds. The normalized spacial score (nSPS) is 17.7. The van der Waals surface area contributed by atoms with Gasteiger partial charge in [0.05, 0.1) is 6.42 Å². The summed E-state index contributed by atoms with van der Waals surface area (Å²) >= 11 is 0. The van der Waals surface area contributed by atoms with Crippen molar-refractivity contribution in [3.8, 4) is 0 Å². The van der Waals surface area contributed by atoms with Crippen LogP contribution in [-0.4, -0.2) is 34.1 Å². The van der Waals surface area contributed by atoms with Crippen LogP contribution in [0.1, 0.15) is 32.4 Å². The van der Waals surface area contributed by atoms with Crippen molar-refractivity contribution >= 4 is 5.91 Å². The third-order valence-corrected chi connectivity index (χ3v) is 3.74. The van der Waals surface area contributed by atoms with Crippen molar-refractivity contribution in [2.24, 2.45) is 11.8 Å². The Bertz CT molecular complexity index is 351. The Labute approximate surface area is 102 Å². The highest BCUT2D eigenvalue weighted by atomic mass is 16.2. The molecular weight excluding hydrogens is 214 g/mol. The SMILES string of the molecule is CC(C)C1CCN(C(=O)Cc2ccn[nH]2)CC1. The number of likely N-dealkylation sites (tertiary alicyclic amines) is 1. The van der Waals surface area contributed by atoms with Crippen LogP contribution in [-0.2, 0) is 11.2 Å². The number of piperidine rings is 1. The number of rotatable bonds is 3. The summed E-state index contributed by atoms with van der Waals surface area (Å²) in [6.07, 6.45) is 4.43. The lowest BCUT2D eigenvalue weighted by molar-refractivity contribution is -0.132. The second-order valence-corrected chi connectivity index (χ2v) is 5.22. The molecule has 1 aromatic heterocycles. The average Bonchev–Trinajstić information content (AvgIpc) is 2.82. The Hall–Kier alpha value is -1.32. The molecule has 1 aliphatic rings. The van der Waals surface area contributed by atoms with E-state index in [4.69, 9.17) is 0 Å². The molecule has 4 heteroatoms. The molecule has 0 aromatic carbocycles. The molecule has 0 atom stereocenters. The van der Waals surface area contributed by atoms with Crippen molar-refractivity contribution in [2.45, 2.75) is 33.1 Å². The summed E-state index contributed by atoms with van der Waals surface area (Å²) in [5.74, 6) is 1.74. The molecule has 2 rings (SSSR count). The predicted molar refractivity (Wildman–Crippen MR) is 66.4 cm³/mol. The first kappa shape index (κ1) is 12.1. The minimum Gasteiger partial charge on any atom is -0.342 e. The van der Waals surface area contributed by atoms with Gasteiger partial charge in [-0.05, 0) is 30.7 Å². The third kappa shape index (κ3) is 3.08. The number of carbonyl (C=O) groups is 1. The van der Waals surface area contributed by atoms with E-state index >= 15 is 0 Å². The summed E-state index contributed by atoms with van der Waals surface area (Å²) in [6.45, 7) is 6.37. The molecule has 0 spiro atoms. The summed E-state index contributed by atoms with van der Waals surface area (Å²) < 4.78 is 0. The molecule has 0 bridgehead atoms. The number of hydrogen-bond donors (Lipinski definition) is 1. The number of H-pyrrole nitrogens is 1. The largest absolute Gasteiger partial charge is 0.342 e. The number of nitrogens with one attached hydrogen (secondary N) is 1. The standard InChI is InChI=1S/C13H21N3O/c1-10(2)11-4-7-16(8-5-11)13(17)9-12-3-6-14-15-12/h3,6,10-11H,4-5,7-9H2,1-2H3,(H,14,15). The highest BCUT2D eigenvalue weighted by Crippen LogP contribution is 2.24. The van der Waals surface area contributed by atoms with Crippen LogP contribution >= 0.6 is 0 Å². The van der Waals surface area contributed by atoms with E-state index in [1.165, 1.54) is 0 Å². The summed E-state index contributed by atoms with van der Waals surface area (Å²) in [6, 6.07) is 1.86. The topological polar surface area (TPSA) is 49.0 Å². The van der Waals surface area contributed by atoms with E-state index in [0.29, 0.717) is 6.42 Å². The molecule has 1 aromatic rings. The molecule has 17 heavy (non-hydrogen) atoms. The van der Waals surface area contributed by atoms with Gasteiger partial charge in [-0.15, -0.1) is 0 Å². The molecule has 94 valence electrons. The lowest BCUT2D eigenvalue weighted by Gasteiger charge is -2.33. The minimum atomic E-state index is 0.219. The highest BCUT2D eigenvalue weighted by Gasteiger charge is 2.24. The van der Waals surface area contributed by atoms with E-state index in [9.17, 15) is 4.79 Å². The number of nitrogens with zero attached hydrogens (tertiary/aromatic N) is 2. The molecular formula is C13H21N3O. The highest BCUT2D eigenvalue weighted by molar-refractivity contribution is 5.78. The number of aromatic nitrogens is 2.